The number of amides is 1. The van der Waals surface area contributed by atoms with Crippen molar-refractivity contribution >= 4 is 40.8 Å². The van der Waals surface area contributed by atoms with Crippen LogP contribution in [-0.4, -0.2) is 30.7 Å². The minimum absolute atomic E-state index is 0.00802. The summed E-state index contributed by atoms with van der Waals surface area (Å²) in [6.07, 6.45) is -1.98. The Kier molecular flexibility index (Phi) is 5.54. The Morgan fingerprint density at radius 2 is 1.81 bits per heavy atom. The molecule has 1 heterocycles. The van der Waals surface area contributed by atoms with Gasteiger partial charge in [-0.15, -0.1) is 0 Å². The first-order chi connectivity index (χ1) is 12.4. The molecule has 0 aromatic heterocycles. The van der Waals surface area contributed by atoms with Crippen LogP contribution in [0.3, 0.4) is 0 Å². The summed E-state index contributed by atoms with van der Waals surface area (Å²) in [4.78, 5) is 24.4. The van der Waals surface area contributed by atoms with E-state index >= 15 is 0 Å². The molecule has 2 atom stereocenters. The number of hydrogen-bond donors (Lipinski definition) is 1. The van der Waals surface area contributed by atoms with E-state index in [4.69, 9.17) is 37.4 Å². The van der Waals surface area contributed by atoms with Crippen molar-refractivity contribution < 1.29 is 23.8 Å². The molecule has 0 radical (unpaired) electrons. The van der Waals surface area contributed by atoms with Crippen LogP contribution in [0.15, 0.2) is 42.5 Å². The number of esters is 1. The van der Waals surface area contributed by atoms with Gasteiger partial charge in [-0.25, -0.2) is 4.79 Å². The number of para-hydroxylation sites is 2. The van der Waals surface area contributed by atoms with Crippen molar-refractivity contribution in [2.24, 2.45) is 0 Å². The normalized spacial score (nSPS) is 16.5. The Bertz CT molecular complexity index is 822. The maximum Gasteiger partial charge on any atom is 0.351 e. The molecule has 0 unspecified atom stereocenters. The smallest absolute Gasteiger partial charge is 0.351 e. The van der Waals surface area contributed by atoms with E-state index < -0.39 is 24.1 Å². The van der Waals surface area contributed by atoms with Crippen molar-refractivity contribution in [3.8, 4) is 11.5 Å². The van der Waals surface area contributed by atoms with Gasteiger partial charge in [0.25, 0.3) is 5.91 Å². The molecule has 26 heavy (non-hydrogen) atoms. The molecule has 0 bridgehead atoms. The molecule has 136 valence electrons. The van der Waals surface area contributed by atoms with Crippen molar-refractivity contribution in [1.82, 2.24) is 0 Å². The molecule has 0 saturated heterocycles. The fraction of sp³-hybridized carbons (Fsp3) is 0.222. The van der Waals surface area contributed by atoms with Crippen LogP contribution in [0.25, 0.3) is 0 Å². The number of fused-ring (bicyclic) bond motifs is 1. The standard InChI is InChI=1S/C18H15Cl2NO5/c1-10(17(22)21-13-7-11(19)6-12(20)8-13)25-18(23)16-9-24-14-4-2-3-5-15(14)26-16/h2-8,10,16H,9H2,1H3,(H,21,22)/t10-,16+/m1/s1. The lowest BCUT2D eigenvalue weighted by Crippen LogP contribution is -2.41. The average Bonchev–Trinajstić information content (AvgIpc) is 2.60. The Labute approximate surface area is 159 Å². The molecule has 0 aliphatic carbocycles. The van der Waals surface area contributed by atoms with Gasteiger partial charge >= 0.3 is 5.97 Å². The third-order valence-electron chi connectivity index (χ3n) is 3.56. The molecule has 1 amide bonds. The molecule has 3 rings (SSSR count). The Morgan fingerprint density at radius 1 is 1.15 bits per heavy atom. The number of benzene rings is 2. The molecule has 2 aromatic carbocycles. The van der Waals surface area contributed by atoms with E-state index in [1.165, 1.54) is 19.1 Å². The first kappa shape index (κ1) is 18.4. The predicted molar refractivity (Wildman–Crippen MR) is 97.0 cm³/mol. The highest BCUT2D eigenvalue weighted by atomic mass is 35.5. The summed E-state index contributed by atoms with van der Waals surface area (Å²) in [7, 11) is 0. The van der Waals surface area contributed by atoms with Crippen molar-refractivity contribution in [2.45, 2.75) is 19.1 Å². The quantitative estimate of drug-likeness (QED) is 0.798. The number of rotatable bonds is 4. The van der Waals surface area contributed by atoms with Gasteiger partial charge in [-0.2, -0.15) is 0 Å². The van der Waals surface area contributed by atoms with Crippen molar-refractivity contribution in [3.63, 3.8) is 0 Å². The highest BCUT2D eigenvalue weighted by Crippen LogP contribution is 2.31. The average molecular weight is 396 g/mol. The monoisotopic (exact) mass is 395 g/mol. The summed E-state index contributed by atoms with van der Waals surface area (Å²) < 4.78 is 16.2. The predicted octanol–water partition coefficient (Wildman–Crippen LogP) is 3.70. The van der Waals surface area contributed by atoms with E-state index in [9.17, 15) is 9.59 Å². The van der Waals surface area contributed by atoms with E-state index in [1.54, 1.807) is 30.3 Å². The fourth-order valence-corrected chi connectivity index (χ4v) is 2.84. The minimum atomic E-state index is -1.04. The van der Waals surface area contributed by atoms with E-state index in [2.05, 4.69) is 5.32 Å². The third kappa shape index (κ3) is 4.39. The first-order valence-corrected chi connectivity index (χ1v) is 8.54. The molecule has 8 heteroatoms. The SMILES string of the molecule is C[C@@H](OC(=O)[C@@H]1COc2ccccc2O1)C(=O)Nc1cc(Cl)cc(Cl)c1. The van der Waals surface area contributed by atoms with Crippen LogP contribution in [0.5, 0.6) is 11.5 Å². The minimum Gasteiger partial charge on any atom is -0.485 e. The van der Waals surface area contributed by atoms with Crippen LogP contribution in [0.2, 0.25) is 10.0 Å². The molecule has 1 aliphatic rings. The zero-order valence-electron chi connectivity index (χ0n) is 13.7. The zero-order chi connectivity index (χ0) is 18.7. The van der Waals surface area contributed by atoms with Crippen molar-refractivity contribution in [3.05, 3.63) is 52.5 Å². The van der Waals surface area contributed by atoms with Crippen LogP contribution in [0, 0.1) is 0 Å². The molecule has 1 N–H and O–H groups in total. The second kappa shape index (κ2) is 7.85. The number of carbonyl (C=O) groups excluding carboxylic acids is 2. The lowest BCUT2D eigenvalue weighted by Gasteiger charge is -2.25. The molecular weight excluding hydrogens is 381 g/mol. The second-order valence-electron chi connectivity index (χ2n) is 5.59. The van der Waals surface area contributed by atoms with Gasteiger partial charge < -0.3 is 19.5 Å². The lowest BCUT2D eigenvalue weighted by atomic mass is 10.2. The van der Waals surface area contributed by atoms with Gasteiger partial charge in [-0.3, -0.25) is 4.79 Å². The van der Waals surface area contributed by atoms with E-state index in [0.29, 0.717) is 27.2 Å². The fourth-order valence-electron chi connectivity index (χ4n) is 2.31. The Balaban J connectivity index is 1.58. The van der Waals surface area contributed by atoms with Crippen molar-refractivity contribution in [2.75, 3.05) is 11.9 Å². The molecule has 6 nitrogen and oxygen atoms in total. The lowest BCUT2D eigenvalue weighted by molar-refractivity contribution is -0.162. The summed E-state index contributed by atoms with van der Waals surface area (Å²) >= 11 is 11.8. The van der Waals surface area contributed by atoms with Crippen LogP contribution in [0.1, 0.15) is 6.92 Å². The summed E-state index contributed by atoms with van der Waals surface area (Å²) in [5, 5.41) is 3.35. The van der Waals surface area contributed by atoms with Gasteiger partial charge in [0, 0.05) is 15.7 Å². The summed E-state index contributed by atoms with van der Waals surface area (Å²) in [6, 6.07) is 11.6. The number of hydrogen-bond acceptors (Lipinski definition) is 5. The molecule has 2 aromatic rings. The van der Waals surface area contributed by atoms with Crippen LogP contribution < -0.4 is 14.8 Å². The maximum atomic E-state index is 12.2. The summed E-state index contributed by atoms with van der Waals surface area (Å²) in [6.45, 7) is 1.46. The number of halogens is 2. The van der Waals surface area contributed by atoms with Gasteiger partial charge in [-0.1, -0.05) is 35.3 Å². The molecule has 0 saturated carbocycles. The first-order valence-electron chi connectivity index (χ1n) is 7.78. The maximum absolute atomic E-state index is 12.2. The molecular formula is C18H15Cl2NO5. The summed E-state index contributed by atoms with van der Waals surface area (Å²) in [5.41, 5.74) is 0.404. The number of ether oxygens (including phenoxy) is 3. The highest BCUT2D eigenvalue weighted by Gasteiger charge is 2.31. The van der Waals surface area contributed by atoms with E-state index in [0.717, 1.165) is 0 Å². The van der Waals surface area contributed by atoms with Gasteiger partial charge in [0.2, 0.25) is 6.10 Å². The van der Waals surface area contributed by atoms with Crippen LogP contribution in [0.4, 0.5) is 5.69 Å². The molecule has 0 fully saturated rings. The Hall–Kier alpha value is -2.44. The summed E-state index contributed by atoms with van der Waals surface area (Å²) in [5.74, 6) is -0.202. The topological polar surface area (TPSA) is 73.9 Å². The van der Waals surface area contributed by atoms with Crippen molar-refractivity contribution in [1.29, 1.82) is 0 Å². The van der Waals surface area contributed by atoms with E-state index in [1.807, 2.05) is 0 Å². The van der Waals surface area contributed by atoms with Crippen LogP contribution in [-0.2, 0) is 14.3 Å². The van der Waals surface area contributed by atoms with Gasteiger partial charge in [0.1, 0.15) is 6.61 Å². The number of anilines is 1. The third-order valence-corrected chi connectivity index (χ3v) is 4.00. The largest absolute Gasteiger partial charge is 0.485 e. The Morgan fingerprint density at radius 3 is 2.50 bits per heavy atom. The zero-order valence-corrected chi connectivity index (χ0v) is 15.2. The number of nitrogens with one attached hydrogen (secondary N) is 1. The molecule has 1 aliphatic heterocycles. The second-order valence-corrected chi connectivity index (χ2v) is 6.46. The van der Waals surface area contributed by atoms with Gasteiger partial charge in [0.15, 0.2) is 17.6 Å². The van der Waals surface area contributed by atoms with Crippen LogP contribution >= 0.6 is 23.2 Å². The van der Waals surface area contributed by atoms with Gasteiger partial charge in [-0.05, 0) is 37.3 Å². The number of carbonyl (C=O) groups is 2. The highest BCUT2D eigenvalue weighted by molar-refractivity contribution is 6.35. The van der Waals surface area contributed by atoms with E-state index in [-0.39, 0.29) is 6.61 Å². The molecule has 0 spiro atoms. The van der Waals surface area contributed by atoms with Gasteiger partial charge in [0.05, 0.1) is 0 Å².